The second kappa shape index (κ2) is 7.81. The third kappa shape index (κ3) is 3.18. The zero-order valence-corrected chi connectivity index (χ0v) is 18.5. The highest BCUT2D eigenvalue weighted by molar-refractivity contribution is 7.99. The van der Waals surface area contributed by atoms with Crippen LogP contribution < -0.4 is 0 Å². The van der Waals surface area contributed by atoms with Crippen LogP contribution in [-0.2, 0) is 13.1 Å². The van der Waals surface area contributed by atoms with Crippen molar-refractivity contribution in [3.8, 4) is 0 Å². The van der Waals surface area contributed by atoms with E-state index in [-0.39, 0.29) is 0 Å². The molecule has 0 saturated carbocycles. The van der Waals surface area contributed by atoms with Crippen molar-refractivity contribution in [2.45, 2.75) is 23.3 Å². The monoisotopic (exact) mass is 431 g/mol. The molecule has 3 aromatic heterocycles. The van der Waals surface area contributed by atoms with Crippen molar-refractivity contribution in [1.29, 1.82) is 0 Å². The fourth-order valence-corrected chi connectivity index (χ4v) is 4.89. The zero-order chi connectivity index (χ0) is 20.7. The lowest BCUT2D eigenvalue weighted by molar-refractivity contribution is 0.654. The smallest absolute Gasteiger partial charge is 0.190 e. The van der Waals surface area contributed by atoms with Gasteiger partial charge in [-0.25, -0.2) is 14.6 Å². The Morgan fingerprint density at radius 3 is 2.17 bits per heavy atom. The number of hydrogen-bond donors (Lipinski definition) is 0. The van der Waals surface area contributed by atoms with Gasteiger partial charge in [0.2, 0.25) is 0 Å². The SMILES string of the molecule is C=C(Cn1ncc2c(SC)nc(SC)nc21)Cn1c2ccccc2c2ccccc21. The summed E-state index contributed by atoms with van der Waals surface area (Å²) >= 11 is 3.17. The molecule has 3 heterocycles. The van der Waals surface area contributed by atoms with Crippen LogP contribution in [0.1, 0.15) is 0 Å². The van der Waals surface area contributed by atoms with E-state index >= 15 is 0 Å². The van der Waals surface area contributed by atoms with E-state index in [0.29, 0.717) is 6.54 Å². The number of para-hydroxylation sites is 2. The third-order valence-corrected chi connectivity index (χ3v) is 6.50. The van der Waals surface area contributed by atoms with Crippen molar-refractivity contribution < 1.29 is 0 Å². The minimum Gasteiger partial charge on any atom is -0.336 e. The zero-order valence-electron chi connectivity index (χ0n) is 16.9. The van der Waals surface area contributed by atoms with Gasteiger partial charge in [-0.2, -0.15) is 5.10 Å². The lowest BCUT2D eigenvalue weighted by Gasteiger charge is -2.11. The summed E-state index contributed by atoms with van der Waals surface area (Å²) in [4.78, 5) is 9.30. The molecule has 0 atom stereocenters. The molecular formula is C23H21N5S2. The Morgan fingerprint density at radius 2 is 1.53 bits per heavy atom. The minimum absolute atomic E-state index is 0.614. The van der Waals surface area contributed by atoms with Crippen LogP contribution in [0.15, 0.2) is 77.1 Å². The van der Waals surface area contributed by atoms with Crippen molar-refractivity contribution in [3.05, 3.63) is 66.9 Å². The van der Waals surface area contributed by atoms with Crippen LogP contribution in [-0.4, -0.2) is 36.8 Å². The molecule has 7 heteroatoms. The van der Waals surface area contributed by atoms with E-state index in [9.17, 15) is 0 Å². The molecule has 0 N–H and O–H groups in total. The molecule has 0 fully saturated rings. The van der Waals surface area contributed by atoms with Crippen LogP contribution in [0.4, 0.5) is 0 Å². The Morgan fingerprint density at radius 1 is 0.867 bits per heavy atom. The van der Waals surface area contributed by atoms with Gasteiger partial charge in [-0.15, -0.1) is 11.8 Å². The van der Waals surface area contributed by atoms with Gasteiger partial charge < -0.3 is 4.57 Å². The van der Waals surface area contributed by atoms with Crippen molar-refractivity contribution >= 4 is 56.4 Å². The summed E-state index contributed by atoms with van der Waals surface area (Å²) in [6.45, 7) is 5.72. The first kappa shape index (κ1) is 19.2. The largest absolute Gasteiger partial charge is 0.336 e. The molecule has 0 bridgehead atoms. The average Bonchev–Trinajstić information content (AvgIpc) is 3.33. The highest BCUT2D eigenvalue weighted by Gasteiger charge is 2.14. The molecule has 30 heavy (non-hydrogen) atoms. The number of hydrogen-bond acceptors (Lipinski definition) is 5. The highest BCUT2D eigenvalue weighted by atomic mass is 32.2. The molecule has 0 unspecified atom stereocenters. The highest BCUT2D eigenvalue weighted by Crippen LogP contribution is 2.30. The third-order valence-electron chi connectivity index (χ3n) is 5.25. The van der Waals surface area contributed by atoms with Crippen LogP contribution >= 0.6 is 23.5 Å². The van der Waals surface area contributed by atoms with Gasteiger partial charge in [-0.1, -0.05) is 54.7 Å². The molecule has 0 aliphatic rings. The van der Waals surface area contributed by atoms with E-state index in [1.165, 1.54) is 21.8 Å². The molecule has 150 valence electrons. The van der Waals surface area contributed by atoms with Gasteiger partial charge in [0.15, 0.2) is 10.8 Å². The maximum Gasteiger partial charge on any atom is 0.190 e. The predicted molar refractivity (Wildman–Crippen MR) is 127 cm³/mol. The first-order chi connectivity index (χ1) is 14.7. The van der Waals surface area contributed by atoms with Crippen LogP contribution in [0, 0.1) is 0 Å². The first-order valence-electron chi connectivity index (χ1n) is 9.63. The number of allylic oxidation sites excluding steroid dienone is 1. The van der Waals surface area contributed by atoms with Gasteiger partial charge in [0.05, 0.1) is 18.1 Å². The van der Waals surface area contributed by atoms with Crippen molar-refractivity contribution in [2.75, 3.05) is 12.5 Å². The number of rotatable bonds is 6. The normalized spacial score (nSPS) is 11.7. The molecule has 0 aliphatic heterocycles. The van der Waals surface area contributed by atoms with Gasteiger partial charge in [0.25, 0.3) is 0 Å². The molecule has 5 rings (SSSR count). The van der Waals surface area contributed by atoms with Crippen molar-refractivity contribution in [3.63, 3.8) is 0 Å². The first-order valence-corrected chi connectivity index (χ1v) is 12.1. The summed E-state index contributed by atoms with van der Waals surface area (Å²) in [5.74, 6) is 0. The molecule has 0 aliphatic carbocycles. The fraction of sp³-hybridized carbons (Fsp3) is 0.174. The summed E-state index contributed by atoms with van der Waals surface area (Å²) in [5.41, 5.74) is 4.38. The number of thioether (sulfide) groups is 2. The lowest BCUT2D eigenvalue weighted by Crippen LogP contribution is -2.09. The molecule has 0 spiro atoms. The maximum absolute atomic E-state index is 4.70. The molecule has 2 aromatic carbocycles. The van der Waals surface area contributed by atoms with Gasteiger partial charge in [-0.3, -0.25) is 0 Å². The number of fused-ring (bicyclic) bond motifs is 4. The number of aromatic nitrogens is 5. The lowest BCUT2D eigenvalue weighted by atomic mass is 10.2. The average molecular weight is 432 g/mol. The molecular weight excluding hydrogens is 410 g/mol. The standard InChI is InChI=1S/C23H21N5S2/c1-15(14-28-21-18(12-24-28)22(29-2)26-23(25-21)30-3)13-27-19-10-6-4-8-16(19)17-9-5-7-11-20(17)27/h4-12H,1,13-14H2,2-3H3. The van der Waals surface area contributed by atoms with Crippen molar-refractivity contribution in [2.24, 2.45) is 0 Å². The Hall–Kier alpha value is -2.77. The second-order valence-electron chi connectivity index (χ2n) is 7.13. The van der Waals surface area contributed by atoms with Crippen LogP contribution in [0.5, 0.6) is 0 Å². The number of benzene rings is 2. The van der Waals surface area contributed by atoms with Gasteiger partial charge in [0.1, 0.15) is 5.03 Å². The summed E-state index contributed by atoms with van der Waals surface area (Å²) in [6, 6.07) is 17.1. The van der Waals surface area contributed by atoms with Gasteiger partial charge in [-0.05, 0) is 30.2 Å². The Bertz CT molecular complexity index is 1350. The Balaban J connectivity index is 1.51. The Labute approximate surface area is 183 Å². The quantitative estimate of drug-likeness (QED) is 0.151. The van der Waals surface area contributed by atoms with E-state index in [0.717, 1.165) is 33.3 Å². The molecule has 0 saturated heterocycles. The van der Waals surface area contributed by atoms with Crippen LogP contribution in [0.25, 0.3) is 32.8 Å². The van der Waals surface area contributed by atoms with E-state index in [2.05, 4.69) is 69.8 Å². The van der Waals surface area contributed by atoms with Crippen LogP contribution in [0.2, 0.25) is 0 Å². The second-order valence-corrected chi connectivity index (χ2v) is 8.70. The van der Waals surface area contributed by atoms with Crippen LogP contribution in [0.3, 0.4) is 0 Å². The number of nitrogens with zero attached hydrogens (tertiary/aromatic N) is 5. The van der Waals surface area contributed by atoms with E-state index in [1.54, 1.807) is 23.5 Å². The van der Waals surface area contributed by atoms with Gasteiger partial charge >= 0.3 is 0 Å². The minimum atomic E-state index is 0.614. The molecule has 5 nitrogen and oxygen atoms in total. The predicted octanol–water partition coefficient (Wildman–Crippen LogP) is 5.63. The van der Waals surface area contributed by atoms with E-state index in [1.807, 2.05) is 23.4 Å². The molecule has 0 radical (unpaired) electrons. The van der Waals surface area contributed by atoms with E-state index in [4.69, 9.17) is 4.98 Å². The van der Waals surface area contributed by atoms with Crippen molar-refractivity contribution in [1.82, 2.24) is 24.3 Å². The topological polar surface area (TPSA) is 48.5 Å². The van der Waals surface area contributed by atoms with E-state index < -0.39 is 0 Å². The fourth-order valence-electron chi connectivity index (χ4n) is 3.93. The summed E-state index contributed by atoms with van der Waals surface area (Å²) in [7, 11) is 0. The Kier molecular flexibility index (Phi) is 5.00. The summed E-state index contributed by atoms with van der Waals surface area (Å²) in [6.07, 6.45) is 5.89. The molecule has 5 aromatic rings. The molecule has 0 amide bonds. The summed E-state index contributed by atoms with van der Waals surface area (Å²) < 4.78 is 4.28. The maximum atomic E-state index is 4.70. The summed E-state index contributed by atoms with van der Waals surface area (Å²) in [5, 5.41) is 9.85. The van der Waals surface area contributed by atoms with Gasteiger partial charge in [0, 0.05) is 28.4 Å².